The third-order valence-electron chi connectivity index (χ3n) is 4.91. The van der Waals surface area contributed by atoms with Crippen molar-refractivity contribution < 1.29 is 8.78 Å². The first-order valence-corrected chi connectivity index (χ1v) is 10.6. The van der Waals surface area contributed by atoms with Gasteiger partial charge in [-0.05, 0) is 50.1 Å². The average Bonchev–Trinajstić information content (AvgIpc) is 3.02. The molecular formula is C21H26F2N4S. The maximum atomic E-state index is 13.8. The molecule has 0 spiro atoms. The van der Waals surface area contributed by atoms with E-state index in [0.29, 0.717) is 10.7 Å². The molecule has 0 unspecified atom stereocenters. The smallest absolute Gasteiger partial charge is 0.151 e. The topological polar surface area (TPSA) is 56.7 Å². The molecule has 0 aliphatic rings. The summed E-state index contributed by atoms with van der Waals surface area (Å²) in [5.41, 5.74) is 9.96. The summed E-state index contributed by atoms with van der Waals surface area (Å²) in [7, 11) is 0. The molecule has 0 fully saturated rings. The Morgan fingerprint density at radius 3 is 2.64 bits per heavy atom. The highest BCUT2D eigenvalue weighted by Crippen LogP contribution is 2.28. The second-order valence-electron chi connectivity index (χ2n) is 6.96. The maximum absolute atomic E-state index is 13.8. The van der Waals surface area contributed by atoms with Gasteiger partial charge in [-0.3, -0.25) is 0 Å². The number of thioether (sulfide) groups is 1. The summed E-state index contributed by atoms with van der Waals surface area (Å²) in [5, 5.41) is 0. The van der Waals surface area contributed by atoms with E-state index in [1.54, 1.807) is 0 Å². The van der Waals surface area contributed by atoms with Crippen LogP contribution in [0.3, 0.4) is 0 Å². The molecule has 2 aromatic heterocycles. The van der Waals surface area contributed by atoms with Crippen molar-refractivity contribution in [1.29, 1.82) is 0 Å². The molecule has 28 heavy (non-hydrogen) atoms. The monoisotopic (exact) mass is 404 g/mol. The van der Waals surface area contributed by atoms with Crippen molar-refractivity contribution in [2.24, 2.45) is 0 Å². The van der Waals surface area contributed by atoms with E-state index in [1.165, 1.54) is 23.9 Å². The third-order valence-corrected chi connectivity index (χ3v) is 6.04. The number of halogens is 2. The van der Waals surface area contributed by atoms with Crippen molar-refractivity contribution in [1.82, 2.24) is 14.5 Å². The van der Waals surface area contributed by atoms with Gasteiger partial charge >= 0.3 is 0 Å². The quantitative estimate of drug-likeness (QED) is 0.402. The number of imidazole rings is 1. The van der Waals surface area contributed by atoms with Gasteiger partial charge in [-0.15, -0.1) is 11.8 Å². The number of pyridine rings is 1. The molecule has 4 nitrogen and oxygen atoms in total. The molecule has 2 N–H and O–H groups in total. The molecule has 7 heteroatoms. The van der Waals surface area contributed by atoms with Crippen molar-refractivity contribution >= 4 is 28.6 Å². The SMILES string of the molecule is CCCCc1nc2c(N)nc(C)c(C)c2n1CCCSc1ccc(F)cc1F. The van der Waals surface area contributed by atoms with Crippen molar-refractivity contribution in [2.45, 2.75) is 57.9 Å². The number of hydrogen-bond acceptors (Lipinski definition) is 4. The van der Waals surface area contributed by atoms with Gasteiger partial charge in [-0.1, -0.05) is 13.3 Å². The second-order valence-corrected chi connectivity index (χ2v) is 8.10. The van der Waals surface area contributed by atoms with E-state index in [2.05, 4.69) is 23.4 Å². The third kappa shape index (κ3) is 4.29. The van der Waals surface area contributed by atoms with E-state index in [4.69, 9.17) is 10.7 Å². The minimum atomic E-state index is -0.552. The van der Waals surface area contributed by atoms with E-state index >= 15 is 0 Å². The highest BCUT2D eigenvalue weighted by atomic mass is 32.2. The first-order chi connectivity index (χ1) is 13.4. The lowest BCUT2D eigenvalue weighted by Crippen LogP contribution is -2.07. The predicted molar refractivity (Wildman–Crippen MR) is 112 cm³/mol. The van der Waals surface area contributed by atoms with Crippen molar-refractivity contribution in [2.75, 3.05) is 11.5 Å². The lowest BCUT2D eigenvalue weighted by molar-refractivity contribution is 0.565. The van der Waals surface area contributed by atoms with E-state index in [-0.39, 0.29) is 0 Å². The summed E-state index contributed by atoms with van der Waals surface area (Å²) in [6.07, 6.45) is 3.88. The summed E-state index contributed by atoms with van der Waals surface area (Å²) in [4.78, 5) is 9.67. The first-order valence-electron chi connectivity index (χ1n) is 9.62. The molecule has 0 aliphatic carbocycles. The molecular weight excluding hydrogens is 378 g/mol. The van der Waals surface area contributed by atoms with Crippen molar-refractivity contribution in [3.8, 4) is 0 Å². The zero-order valence-electron chi connectivity index (χ0n) is 16.6. The van der Waals surface area contributed by atoms with Crippen LogP contribution in [0.15, 0.2) is 23.1 Å². The van der Waals surface area contributed by atoms with Gasteiger partial charge in [0.05, 0.1) is 5.52 Å². The van der Waals surface area contributed by atoms with Gasteiger partial charge in [-0.25, -0.2) is 18.7 Å². The number of nitrogen functional groups attached to an aromatic ring is 1. The molecule has 0 aliphatic heterocycles. The Morgan fingerprint density at radius 1 is 1.14 bits per heavy atom. The molecule has 0 amide bonds. The van der Waals surface area contributed by atoms with E-state index in [1.807, 2.05) is 6.92 Å². The van der Waals surface area contributed by atoms with Gasteiger partial charge in [0.15, 0.2) is 5.82 Å². The molecule has 0 atom stereocenters. The summed E-state index contributed by atoms with van der Waals surface area (Å²) in [6.45, 7) is 6.94. The van der Waals surface area contributed by atoms with Crippen LogP contribution in [0.5, 0.6) is 0 Å². The standard InChI is InChI=1S/C21H26F2N4S/c1-4-5-7-18-26-19-20(13(2)14(3)25-21(19)24)27(18)10-6-11-28-17-9-8-15(22)12-16(17)23/h8-9,12H,4-7,10-11H2,1-3H3,(H2,24,25). The Kier molecular flexibility index (Phi) is 6.54. The number of rotatable bonds is 8. The molecule has 0 saturated carbocycles. The molecule has 2 heterocycles. The Labute approximate surface area is 168 Å². The molecule has 0 radical (unpaired) electrons. The normalized spacial score (nSPS) is 11.5. The predicted octanol–water partition coefficient (Wildman–Crippen LogP) is 5.43. The Morgan fingerprint density at radius 2 is 1.93 bits per heavy atom. The number of nitrogens with two attached hydrogens (primary N) is 1. The van der Waals surface area contributed by atoms with Crippen LogP contribution in [-0.2, 0) is 13.0 Å². The number of unbranched alkanes of at least 4 members (excludes halogenated alkanes) is 1. The summed E-state index contributed by atoms with van der Waals surface area (Å²) < 4.78 is 29.1. The summed E-state index contributed by atoms with van der Waals surface area (Å²) in [6, 6.07) is 3.71. The van der Waals surface area contributed by atoms with E-state index in [9.17, 15) is 8.78 Å². The lowest BCUT2D eigenvalue weighted by Gasteiger charge is -2.12. The number of anilines is 1. The van der Waals surface area contributed by atoms with Crippen LogP contribution < -0.4 is 5.73 Å². The minimum Gasteiger partial charge on any atom is -0.382 e. The van der Waals surface area contributed by atoms with Gasteiger partial charge < -0.3 is 10.3 Å². The fraction of sp³-hybridized carbons (Fsp3) is 0.429. The van der Waals surface area contributed by atoms with Crippen LogP contribution in [0.1, 0.15) is 43.3 Å². The van der Waals surface area contributed by atoms with Crippen LogP contribution in [0.2, 0.25) is 0 Å². The number of hydrogen-bond donors (Lipinski definition) is 1. The zero-order valence-corrected chi connectivity index (χ0v) is 17.4. The molecule has 1 aromatic carbocycles. The van der Waals surface area contributed by atoms with Crippen molar-refractivity contribution in [3.05, 3.63) is 46.9 Å². The molecule has 3 rings (SSSR count). The fourth-order valence-corrected chi connectivity index (χ4v) is 4.16. The molecule has 150 valence electrons. The van der Waals surface area contributed by atoms with Gasteiger partial charge in [-0.2, -0.15) is 0 Å². The lowest BCUT2D eigenvalue weighted by atomic mass is 10.2. The van der Waals surface area contributed by atoms with Crippen molar-refractivity contribution in [3.63, 3.8) is 0 Å². The first kappa shape index (κ1) is 20.6. The zero-order chi connectivity index (χ0) is 20.3. The number of aryl methyl sites for hydroxylation is 4. The summed E-state index contributed by atoms with van der Waals surface area (Å²) >= 11 is 1.40. The summed E-state index contributed by atoms with van der Waals surface area (Å²) in [5.74, 6) is 1.17. The van der Waals surface area contributed by atoms with Crippen LogP contribution in [-0.4, -0.2) is 20.3 Å². The van der Waals surface area contributed by atoms with E-state index in [0.717, 1.165) is 72.2 Å². The average molecular weight is 405 g/mol. The second kappa shape index (κ2) is 8.90. The highest BCUT2D eigenvalue weighted by Gasteiger charge is 2.17. The van der Waals surface area contributed by atoms with Crippen LogP contribution in [0.4, 0.5) is 14.6 Å². The number of benzene rings is 1. The van der Waals surface area contributed by atoms with Gasteiger partial charge in [0, 0.05) is 29.6 Å². The van der Waals surface area contributed by atoms with Gasteiger partial charge in [0.25, 0.3) is 0 Å². The van der Waals surface area contributed by atoms with Crippen LogP contribution in [0.25, 0.3) is 11.0 Å². The maximum Gasteiger partial charge on any atom is 0.151 e. The number of aromatic nitrogens is 3. The molecule has 3 aromatic rings. The number of fused-ring (bicyclic) bond motifs is 1. The van der Waals surface area contributed by atoms with Crippen LogP contribution >= 0.6 is 11.8 Å². The molecule has 0 bridgehead atoms. The van der Waals surface area contributed by atoms with Gasteiger partial charge in [0.1, 0.15) is 23.0 Å². The fourth-order valence-electron chi connectivity index (χ4n) is 3.31. The Hall–Kier alpha value is -2.15. The minimum absolute atomic E-state index is 0.470. The molecule has 0 saturated heterocycles. The van der Waals surface area contributed by atoms with Crippen LogP contribution in [0, 0.1) is 25.5 Å². The number of nitrogens with zero attached hydrogens (tertiary/aromatic N) is 3. The Balaban J connectivity index is 1.80. The van der Waals surface area contributed by atoms with E-state index < -0.39 is 11.6 Å². The highest BCUT2D eigenvalue weighted by molar-refractivity contribution is 7.99. The van der Waals surface area contributed by atoms with Gasteiger partial charge in [0.2, 0.25) is 0 Å². The largest absolute Gasteiger partial charge is 0.382 e. The Bertz CT molecular complexity index is 984.